The van der Waals surface area contributed by atoms with Crippen LogP contribution in [0.15, 0.2) is 24.3 Å². The van der Waals surface area contributed by atoms with Gasteiger partial charge < -0.3 is 14.7 Å². The van der Waals surface area contributed by atoms with E-state index in [1.807, 2.05) is 12.1 Å². The minimum Gasteiger partial charge on any atom is -0.369 e. The summed E-state index contributed by atoms with van der Waals surface area (Å²) in [5, 5.41) is 12.8. The van der Waals surface area contributed by atoms with Crippen LogP contribution in [0.1, 0.15) is 62.2 Å². The average molecular weight is 528 g/mol. The zero-order chi connectivity index (χ0) is 27.1. The minimum absolute atomic E-state index is 0.0948. The Balaban J connectivity index is 1.35. The number of rotatable bonds is 10. The van der Waals surface area contributed by atoms with Gasteiger partial charge in [0.25, 0.3) is 5.91 Å². The first-order chi connectivity index (χ1) is 18.4. The average Bonchev–Trinajstić information content (AvgIpc) is 3.65. The van der Waals surface area contributed by atoms with Crippen molar-refractivity contribution < 1.29 is 24.4 Å². The highest BCUT2D eigenvalue weighted by Crippen LogP contribution is 2.32. The van der Waals surface area contributed by atoms with Crippen LogP contribution in [-0.2, 0) is 14.4 Å². The van der Waals surface area contributed by atoms with E-state index >= 15 is 0 Å². The maximum Gasteiger partial charge on any atom is 0.257 e. The molecule has 2 atom stereocenters. The summed E-state index contributed by atoms with van der Waals surface area (Å²) in [7, 11) is 0. The molecule has 0 aromatic heterocycles. The molecular formula is C28H41N5O5. The Hall–Kier alpha value is -2.98. The number of benzene rings is 1. The third-order valence-electron chi connectivity index (χ3n) is 8.36. The number of amides is 4. The SMILES string of the molecule is CCN1CCN(c2ccc(C(=O)NC(=O)[C@@H]3CCCN3C(=O)[C@H](CC3CCCC3)CN(O)C=O)cc2)CC1. The van der Waals surface area contributed by atoms with Gasteiger partial charge in [0.15, 0.2) is 0 Å². The molecule has 0 radical (unpaired) electrons. The molecule has 0 bridgehead atoms. The fraction of sp³-hybridized carbons (Fsp3) is 0.643. The van der Waals surface area contributed by atoms with Crippen molar-refractivity contribution in [2.75, 3.05) is 50.7 Å². The highest BCUT2D eigenvalue weighted by molar-refractivity contribution is 6.07. The Kier molecular flexibility index (Phi) is 9.74. The Bertz CT molecular complexity index is 972. The fourth-order valence-corrected chi connectivity index (χ4v) is 6.12. The Labute approximate surface area is 224 Å². The van der Waals surface area contributed by atoms with Crippen LogP contribution >= 0.6 is 0 Å². The molecule has 38 heavy (non-hydrogen) atoms. The summed E-state index contributed by atoms with van der Waals surface area (Å²) in [4.78, 5) is 56.7. The first-order valence-electron chi connectivity index (χ1n) is 14.0. The second-order valence-corrected chi connectivity index (χ2v) is 10.8. The van der Waals surface area contributed by atoms with Crippen LogP contribution < -0.4 is 10.2 Å². The van der Waals surface area contributed by atoms with E-state index in [2.05, 4.69) is 22.0 Å². The molecule has 3 aliphatic rings. The molecule has 2 heterocycles. The number of hydroxylamine groups is 2. The molecule has 1 saturated carbocycles. The number of carbonyl (C=O) groups is 4. The third kappa shape index (κ3) is 6.91. The summed E-state index contributed by atoms with van der Waals surface area (Å²) in [5.74, 6) is -1.42. The van der Waals surface area contributed by atoms with Crippen molar-refractivity contribution >= 4 is 29.8 Å². The fourth-order valence-electron chi connectivity index (χ4n) is 6.12. The highest BCUT2D eigenvalue weighted by atomic mass is 16.5. The van der Waals surface area contributed by atoms with Crippen molar-refractivity contribution in [3.05, 3.63) is 29.8 Å². The lowest BCUT2D eigenvalue weighted by Crippen LogP contribution is -2.50. The number of imide groups is 1. The first-order valence-corrected chi connectivity index (χ1v) is 14.0. The second kappa shape index (κ2) is 13.2. The largest absolute Gasteiger partial charge is 0.369 e. The monoisotopic (exact) mass is 527 g/mol. The van der Waals surface area contributed by atoms with Gasteiger partial charge in [-0.05, 0) is 56.0 Å². The number of hydrogen-bond acceptors (Lipinski definition) is 7. The minimum atomic E-state index is -0.741. The van der Waals surface area contributed by atoms with Crippen molar-refractivity contribution in [1.82, 2.24) is 20.2 Å². The molecule has 4 amide bonds. The van der Waals surface area contributed by atoms with Gasteiger partial charge in [0.1, 0.15) is 6.04 Å². The number of carbonyl (C=O) groups excluding carboxylic acids is 4. The molecule has 0 spiro atoms. The smallest absolute Gasteiger partial charge is 0.257 e. The highest BCUT2D eigenvalue weighted by Gasteiger charge is 2.39. The number of likely N-dealkylation sites (N-methyl/N-ethyl adjacent to an activating group) is 1. The van der Waals surface area contributed by atoms with E-state index < -0.39 is 23.8 Å². The van der Waals surface area contributed by atoms with Crippen molar-refractivity contribution in [1.29, 1.82) is 0 Å². The number of piperazine rings is 1. The molecule has 4 rings (SSSR count). The zero-order valence-electron chi connectivity index (χ0n) is 22.4. The molecule has 3 fully saturated rings. The predicted molar refractivity (Wildman–Crippen MR) is 143 cm³/mol. The third-order valence-corrected chi connectivity index (χ3v) is 8.36. The summed E-state index contributed by atoms with van der Waals surface area (Å²) in [6.07, 6.45) is 6.31. The predicted octanol–water partition coefficient (Wildman–Crippen LogP) is 2.12. The summed E-state index contributed by atoms with van der Waals surface area (Å²) >= 11 is 0. The molecule has 1 aromatic rings. The van der Waals surface area contributed by atoms with Gasteiger partial charge in [-0.15, -0.1) is 0 Å². The number of likely N-dealkylation sites (tertiary alicyclic amines) is 1. The standard InChI is InChI=1S/C28H41N5O5/c1-2-30-14-16-31(17-15-30)24-11-9-22(10-12-24)26(35)29-27(36)25-8-5-13-33(25)28(37)23(19-32(38)20-34)18-21-6-3-4-7-21/h9-12,20-21,23,25,38H,2-8,13-19H2,1H3,(H,29,35,36)/t23-,25+/m1/s1. The molecule has 2 aliphatic heterocycles. The summed E-state index contributed by atoms with van der Waals surface area (Å²) in [5.41, 5.74) is 1.45. The van der Waals surface area contributed by atoms with Gasteiger partial charge in [0.2, 0.25) is 18.2 Å². The van der Waals surface area contributed by atoms with Gasteiger partial charge in [0.05, 0.1) is 12.5 Å². The van der Waals surface area contributed by atoms with Crippen molar-refractivity contribution in [2.24, 2.45) is 11.8 Å². The molecule has 10 nitrogen and oxygen atoms in total. The Morgan fingerprint density at radius 1 is 1.03 bits per heavy atom. The lowest BCUT2D eigenvalue weighted by molar-refractivity contribution is -0.158. The number of hydrogen-bond donors (Lipinski definition) is 2. The Morgan fingerprint density at radius 2 is 1.71 bits per heavy atom. The van der Waals surface area contributed by atoms with Crippen molar-refractivity contribution in [3.8, 4) is 0 Å². The van der Waals surface area contributed by atoms with E-state index in [4.69, 9.17) is 0 Å². The van der Waals surface area contributed by atoms with Crippen LogP contribution in [0.4, 0.5) is 5.69 Å². The summed E-state index contributed by atoms with van der Waals surface area (Å²) in [6, 6.07) is 6.54. The molecule has 2 saturated heterocycles. The second-order valence-electron chi connectivity index (χ2n) is 10.8. The molecular weight excluding hydrogens is 486 g/mol. The van der Waals surface area contributed by atoms with Gasteiger partial charge >= 0.3 is 0 Å². The first kappa shape index (κ1) is 28.0. The van der Waals surface area contributed by atoms with Crippen molar-refractivity contribution in [3.63, 3.8) is 0 Å². The quantitative estimate of drug-likeness (QED) is 0.207. The van der Waals surface area contributed by atoms with Crippen LogP contribution in [0, 0.1) is 11.8 Å². The zero-order valence-corrected chi connectivity index (χ0v) is 22.4. The van der Waals surface area contributed by atoms with Gasteiger partial charge in [-0.2, -0.15) is 0 Å². The van der Waals surface area contributed by atoms with E-state index in [0.717, 1.165) is 64.1 Å². The van der Waals surface area contributed by atoms with Gasteiger partial charge in [0, 0.05) is 44.0 Å². The molecule has 2 N–H and O–H groups in total. The lowest BCUT2D eigenvalue weighted by Gasteiger charge is -2.35. The van der Waals surface area contributed by atoms with E-state index in [1.165, 1.54) is 4.90 Å². The Morgan fingerprint density at radius 3 is 2.34 bits per heavy atom. The van der Waals surface area contributed by atoms with E-state index in [0.29, 0.717) is 48.8 Å². The number of anilines is 1. The lowest BCUT2D eigenvalue weighted by atomic mass is 9.91. The van der Waals surface area contributed by atoms with Crippen LogP contribution in [0.25, 0.3) is 0 Å². The van der Waals surface area contributed by atoms with E-state index in [1.54, 1.807) is 12.1 Å². The maximum atomic E-state index is 13.5. The molecule has 0 unspecified atom stereocenters. The number of nitrogens with zero attached hydrogens (tertiary/aromatic N) is 4. The molecule has 1 aromatic carbocycles. The van der Waals surface area contributed by atoms with Gasteiger partial charge in [-0.3, -0.25) is 29.7 Å². The summed E-state index contributed by atoms with van der Waals surface area (Å²) < 4.78 is 0. The normalized spacial score (nSPS) is 21.4. The van der Waals surface area contributed by atoms with E-state index in [-0.39, 0.29) is 12.5 Å². The number of nitrogens with one attached hydrogen (secondary N) is 1. The topological polar surface area (TPSA) is 114 Å². The molecule has 10 heteroatoms. The summed E-state index contributed by atoms with van der Waals surface area (Å²) in [6.45, 7) is 7.42. The molecule has 1 aliphatic carbocycles. The van der Waals surface area contributed by atoms with Crippen molar-refractivity contribution in [2.45, 2.75) is 57.9 Å². The van der Waals surface area contributed by atoms with Crippen LogP contribution in [-0.4, -0.2) is 96.1 Å². The van der Waals surface area contributed by atoms with Gasteiger partial charge in [-0.25, -0.2) is 5.06 Å². The van der Waals surface area contributed by atoms with E-state index in [9.17, 15) is 24.4 Å². The van der Waals surface area contributed by atoms with Crippen LogP contribution in [0.5, 0.6) is 0 Å². The van der Waals surface area contributed by atoms with Crippen LogP contribution in [0.3, 0.4) is 0 Å². The van der Waals surface area contributed by atoms with Crippen LogP contribution in [0.2, 0.25) is 0 Å². The van der Waals surface area contributed by atoms with Gasteiger partial charge in [-0.1, -0.05) is 32.6 Å². The molecule has 208 valence electrons. The maximum absolute atomic E-state index is 13.5.